The van der Waals surface area contributed by atoms with E-state index >= 15 is 0 Å². The van der Waals surface area contributed by atoms with E-state index < -0.39 is 54.0 Å². The molecule has 0 bridgehead atoms. The number of nitrogens with two attached hydrogens (primary N) is 1. The van der Waals surface area contributed by atoms with Gasteiger partial charge in [0.1, 0.15) is 17.8 Å². The first-order chi connectivity index (χ1) is 15.8. The number of phenols is 1. The Labute approximate surface area is 203 Å². The molecule has 0 aliphatic rings. The Morgan fingerprint density at radius 2 is 1.47 bits per heavy atom. The third-order valence-corrected chi connectivity index (χ3v) is 5.30. The van der Waals surface area contributed by atoms with Crippen molar-refractivity contribution in [2.45, 2.75) is 63.9 Å². The molecule has 5 atom stereocenters. The first kappa shape index (κ1) is 29.2. The molecule has 0 fully saturated rings. The van der Waals surface area contributed by atoms with Crippen molar-refractivity contribution in [1.82, 2.24) is 16.0 Å². The molecule has 1 aromatic carbocycles. The molecule has 12 heteroatoms. The van der Waals surface area contributed by atoms with Crippen LogP contribution in [0.25, 0.3) is 0 Å². The zero-order valence-electron chi connectivity index (χ0n) is 19.4. The van der Waals surface area contributed by atoms with Crippen LogP contribution in [0.15, 0.2) is 24.3 Å². The number of carbonyl (C=O) groups is 4. The molecule has 0 saturated carbocycles. The van der Waals surface area contributed by atoms with Crippen LogP contribution in [-0.2, 0) is 25.6 Å². The van der Waals surface area contributed by atoms with Crippen LogP contribution in [0.4, 0.5) is 0 Å². The van der Waals surface area contributed by atoms with Crippen molar-refractivity contribution >= 4 is 36.3 Å². The van der Waals surface area contributed by atoms with Gasteiger partial charge < -0.3 is 37.0 Å². The Morgan fingerprint density at radius 3 is 1.94 bits per heavy atom. The van der Waals surface area contributed by atoms with E-state index in [0.717, 1.165) is 0 Å². The Bertz CT molecular complexity index is 848. The van der Waals surface area contributed by atoms with Crippen molar-refractivity contribution in [3.8, 4) is 5.75 Å². The summed E-state index contributed by atoms with van der Waals surface area (Å²) < 4.78 is 0. The fourth-order valence-electron chi connectivity index (χ4n) is 3.07. The number of carboxylic acid groups (broad SMARTS) is 1. The molecule has 34 heavy (non-hydrogen) atoms. The standard InChI is InChI=1S/C22H34N4O7S/c1-11(2)8-16(20(30)26-18(12(3)27)22(32)33)24-21(31)17(10-34)25-19(29)15(23)9-13-4-6-14(28)7-5-13/h4-7,11-12,15-18,27-28,34H,8-10,23H2,1-3H3,(H,24,31)(H,25,29)(H,26,30)(H,32,33). The maximum absolute atomic E-state index is 12.8. The molecule has 190 valence electrons. The number of aliphatic hydroxyl groups is 1. The van der Waals surface area contributed by atoms with Crippen LogP contribution < -0.4 is 21.7 Å². The number of rotatable bonds is 13. The molecule has 0 heterocycles. The van der Waals surface area contributed by atoms with Crippen molar-refractivity contribution in [3.05, 3.63) is 29.8 Å². The molecule has 3 amide bonds. The van der Waals surface area contributed by atoms with Crippen LogP contribution in [0.3, 0.4) is 0 Å². The lowest BCUT2D eigenvalue weighted by Crippen LogP contribution is -2.59. The zero-order chi connectivity index (χ0) is 26.0. The highest BCUT2D eigenvalue weighted by Crippen LogP contribution is 2.11. The highest BCUT2D eigenvalue weighted by molar-refractivity contribution is 7.80. The van der Waals surface area contributed by atoms with Crippen LogP contribution >= 0.6 is 12.6 Å². The molecule has 5 unspecified atom stereocenters. The van der Waals surface area contributed by atoms with Gasteiger partial charge in [0.2, 0.25) is 17.7 Å². The SMILES string of the molecule is CC(C)CC(NC(=O)C(CS)NC(=O)C(N)Cc1ccc(O)cc1)C(=O)NC(C(=O)O)C(C)O. The van der Waals surface area contributed by atoms with E-state index in [9.17, 15) is 34.5 Å². The number of amides is 3. The van der Waals surface area contributed by atoms with E-state index in [1.165, 1.54) is 19.1 Å². The van der Waals surface area contributed by atoms with Gasteiger partial charge in [-0.1, -0.05) is 26.0 Å². The van der Waals surface area contributed by atoms with Gasteiger partial charge in [0, 0.05) is 5.75 Å². The topological polar surface area (TPSA) is 191 Å². The molecule has 0 aliphatic carbocycles. The molecular formula is C22H34N4O7S. The maximum atomic E-state index is 12.8. The Morgan fingerprint density at radius 1 is 0.941 bits per heavy atom. The average Bonchev–Trinajstić information content (AvgIpc) is 2.75. The number of nitrogens with one attached hydrogen (secondary N) is 3. The van der Waals surface area contributed by atoms with E-state index in [1.807, 2.05) is 13.8 Å². The fraction of sp³-hybridized carbons (Fsp3) is 0.545. The van der Waals surface area contributed by atoms with Crippen LogP contribution in [0.5, 0.6) is 5.75 Å². The minimum Gasteiger partial charge on any atom is -0.508 e. The van der Waals surface area contributed by atoms with E-state index in [0.29, 0.717) is 5.56 Å². The maximum Gasteiger partial charge on any atom is 0.328 e. The number of phenolic OH excluding ortho intramolecular Hbond substituents is 1. The van der Waals surface area contributed by atoms with E-state index in [2.05, 4.69) is 28.6 Å². The van der Waals surface area contributed by atoms with E-state index in [-0.39, 0.29) is 30.3 Å². The molecule has 0 aliphatic heterocycles. The number of carbonyl (C=O) groups excluding carboxylic acids is 3. The number of thiol groups is 1. The average molecular weight is 499 g/mol. The van der Waals surface area contributed by atoms with Crippen molar-refractivity contribution in [2.75, 3.05) is 5.75 Å². The lowest BCUT2D eigenvalue weighted by molar-refractivity contribution is -0.145. The van der Waals surface area contributed by atoms with Gasteiger partial charge in [-0.25, -0.2) is 4.79 Å². The molecule has 1 rings (SSSR count). The molecule has 11 nitrogen and oxygen atoms in total. The molecule has 0 aromatic heterocycles. The highest BCUT2D eigenvalue weighted by atomic mass is 32.1. The van der Waals surface area contributed by atoms with Gasteiger partial charge in [-0.05, 0) is 43.4 Å². The Hall–Kier alpha value is -2.83. The number of carboxylic acids is 1. The van der Waals surface area contributed by atoms with E-state index in [1.54, 1.807) is 12.1 Å². The third kappa shape index (κ3) is 9.57. The molecular weight excluding hydrogens is 464 g/mol. The lowest BCUT2D eigenvalue weighted by Gasteiger charge is -2.26. The van der Waals surface area contributed by atoms with Crippen molar-refractivity contribution in [1.29, 1.82) is 0 Å². The zero-order valence-corrected chi connectivity index (χ0v) is 20.3. The summed E-state index contributed by atoms with van der Waals surface area (Å²) in [6.45, 7) is 4.86. The smallest absolute Gasteiger partial charge is 0.328 e. The second-order valence-electron chi connectivity index (χ2n) is 8.48. The number of hydrogen-bond donors (Lipinski definition) is 8. The predicted octanol–water partition coefficient (Wildman–Crippen LogP) is -0.842. The van der Waals surface area contributed by atoms with Gasteiger partial charge in [-0.15, -0.1) is 0 Å². The van der Waals surface area contributed by atoms with Crippen molar-refractivity contribution < 1.29 is 34.5 Å². The summed E-state index contributed by atoms with van der Waals surface area (Å²) in [5, 5.41) is 35.4. The Balaban J connectivity index is 2.83. The quantitative estimate of drug-likeness (QED) is 0.161. The van der Waals surface area contributed by atoms with Crippen molar-refractivity contribution in [2.24, 2.45) is 11.7 Å². The van der Waals surface area contributed by atoms with Gasteiger partial charge >= 0.3 is 5.97 Å². The predicted molar refractivity (Wildman–Crippen MR) is 128 cm³/mol. The number of aliphatic carboxylic acids is 1. The number of aliphatic hydroxyl groups excluding tert-OH is 1. The van der Waals surface area contributed by atoms with E-state index in [4.69, 9.17) is 5.73 Å². The number of hydrogen-bond acceptors (Lipinski definition) is 8. The highest BCUT2D eigenvalue weighted by Gasteiger charge is 2.31. The minimum atomic E-state index is -1.54. The summed E-state index contributed by atoms with van der Waals surface area (Å²) >= 11 is 4.11. The second-order valence-corrected chi connectivity index (χ2v) is 8.84. The van der Waals surface area contributed by atoms with Gasteiger partial charge in [0.25, 0.3) is 0 Å². The van der Waals surface area contributed by atoms with Crippen LogP contribution in [0, 0.1) is 5.92 Å². The molecule has 0 radical (unpaired) electrons. The number of benzene rings is 1. The normalized spacial score (nSPS) is 15.5. The monoisotopic (exact) mass is 498 g/mol. The van der Waals surface area contributed by atoms with Crippen molar-refractivity contribution in [3.63, 3.8) is 0 Å². The van der Waals surface area contributed by atoms with Crippen LogP contribution in [0.1, 0.15) is 32.8 Å². The van der Waals surface area contributed by atoms with Gasteiger partial charge in [0.15, 0.2) is 6.04 Å². The van der Waals surface area contributed by atoms with Crippen LogP contribution in [-0.4, -0.2) is 75.0 Å². The van der Waals surface area contributed by atoms with Gasteiger partial charge in [-0.2, -0.15) is 12.6 Å². The second kappa shape index (κ2) is 13.8. The summed E-state index contributed by atoms with van der Waals surface area (Å²) in [6, 6.07) is 1.46. The fourth-order valence-corrected chi connectivity index (χ4v) is 3.33. The summed E-state index contributed by atoms with van der Waals surface area (Å²) in [7, 11) is 0. The van der Waals surface area contributed by atoms with Gasteiger partial charge in [-0.3, -0.25) is 14.4 Å². The largest absolute Gasteiger partial charge is 0.508 e. The van der Waals surface area contributed by atoms with Crippen LogP contribution in [0.2, 0.25) is 0 Å². The summed E-state index contributed by atoms with van der Waals surface area (Å²) in [6.07, 6.45) is -0.991. The summed E-state index contributed by atoms with van der Waals surface area (Å²) in [4.78, 5) is 49.2. The lowest BCUT2D eigenvalue weighted by atomic mass is 10.0. The Kier molecular flexibility index (Phi) is 11.8. The summed E-state index contributed by atoms with van der Waals surface area (Å²) in [5.41, 5.74) is 6.66. The summed E-state index contributed by atoms with van der Waals surface area (Å²) in [5.74, 6) is -3.52. The minimum absolute atomic E-state index is 0.0337. The molecule has 0 saturated heterocycles. The molecule has 1 aromatic rings. The molecule has 0 spiro atoms. The first-order valence-corrected chi connectivity index (χ1v) is 11.4. The number of aromatic hydroxyl groups is 1. The first-order valence-electron chi connectivity index (χ1n) is 10.8. The van der Waals surface area contributed by atoms with Gasteiger partial charge in [0.05, 0.1) is 12.1 Å². The molecule has 8 N–H and O–H groups in total. The third-order valence-electron chi connectivity index (χ3n) is 4.93.